The summed E-state index contributed by atoms with van der Waals surface area (Å²) in [5, 5.41) is 3.81. The van der Waals surface area contributed by atoms with E-state index in [1.165, 1.54) is 6.07 Å². The number of benzene rings is 1. The summed E-state index contributed by atoms with van der Waals surface area (Å²) in [6.45, 7) is 0. The summed E-state index contributed by atoms with van der Waals surface area (Å²) in [6, 6.07) is 2.40. The fourth-order valence-electron chi connectivity index (χ4n) is 2.10. The molecule has 4 nitrogen and oxygen atoms in total. The topological polar surface area (TPSA) is 64.9 Å². The molecule has 7 heteroatoms. The van der Waals surface area contributed by atoms with Gasteiger partial charge in [0.1, 0.15) is 0 Å². The molecular formula is C13H10BrF2N3O. The van der Waals surface area contributed by atoms with E-state index in [0.717, 1.165) is 6.07 Å². The smallest absolute Gasteiger partial charge is 0.233 e. The standard InChI is InChI=1S/C13H10BrF2N3O/c14-10-8(3-4-9(15)11(10)16)12-18-13(20-19-12)6-1-2-7(17)5-6/h1-4,6-7H,5,17H2. The molecule has 1 aliphatic carbocycles. The molecule has 2 aromatic rings. The minimum Gasteiger partial charge on any atom is -0.338 e. The molecule has 20 heavy (non-hydrogen) atoms. The summed E-state index contributed by atoms with van der Waals surface area (Å²) in [7, 11) is 0. The first-order chi connectivity index (χ1) is 9.56. The zero-order valence-electron chi connectivity index (χ0n) is 10.2. The number of nitrogens with two attached hydrogens (primary N) is 1. The lowest BCUT2D eigenvalue weighted by Crippen LogP contribution is -2.14. The SMILES string of the molecule is NC1C=CC(c2nc(-c3ccc(F)c(F)c3Br)no2)C1. The van der Waals surface area contributed by atoms with E-state index in [9.17, 15) is 8.78 Å². The normalized spacial score (nSPS) is 21.6. The Morgan fingerprint density at radius 2 is 2.10 bits per heavy atom. The molecule has 0 aliphatic heterocycles. The predicted octanol–water partition coefficient (Wildman–Crippen LogP) is 3.15. The van der Waals surface area contributed by atoms with Crippen LogP contribution >= 0.6 is 15.9 Å². The van der Waals surface area contributed by atoms with E-state index in [0.29, 0.717) is 17.9 Å². The number of aromatic nitrogens is 2. The molecule has 0 saturated heterocycles. The van der Waals surface area contributed by atoms with Crippen LogP contribution in [0.3, 0.4) is 0 Å². The summed E-state index contributed by atoms with van der Waals surface area (Å²) < 4.78 is 31.7. The Balaban J connectivity index is 1.95. The molecule has 0 saturated carbocycles. The maximum Gasteiger partial charge on any atom is 0.233 e. The fourth-order valence-corrected chi connectivity index (χ4v) is 2.60. The maximum absolute atomic E-state index is 13.5. The summed E-state index contributed by atoms with van der Waals surface area (Å²) in [4.78, 5) is 4.22. The van der Waals surface area contributed by atoms with Crippen molar-refractivity contribution < 1.29 is 13.3 Å². The van der Waals surface area contributed by atoms with Gasteiger partial charge in [-0.15, -0.1) is 0 Å². The summed E-state index contributed by atoms with van der Waals surface area (Å²) in [6.07, 6.45) is 4.48. The maximum atomic E-state index is 13.5. The van der Waals surface area contributed by atoms with Crippen LogP contribution in [0.4, 0.5) is 8.78 Å². The van der Waals surface area contributed by atoms with E-state index in [1.54, 1.807) is 0 Å². The van der Waals surface area contributed by atoms with Crippen molar-refractivity contribution in [1.29, 1.82) is 0 Å². The molecule has 0 spiro atoms. The first-order valence-corrected chi connectivity index (χ1v) is 6.77. The number of hydrogen-bond acceptors (Lipinski definition) is 4. The van der Waals surface area contributed by atoms with Crippen molar-refractivity contribution in [3.63, 3.8) is 0 Å². The molecule has 2 unspecified atom stereocenters. The van der Waals surface area contributed by atoms with E-state index in [1.807, 2.05) is 12.2 Å². The molecule has 1 aliphatic rings. The zero-order chi connectivity index (χ0) is 14.3. The van der Waals surface area contributed by atoms with E-state index in [2.05, 4.69) is 26.1 Å². The number of halogens is 3. The lowest BCUT2D eigenvalue weighted by atomic mass is 10.1. The van der Waals surface area contributed by atoms with E-state index >= 15 is 0 Å². The minimum atomic E-state index is -0.975. The number of hydrogen-bond donors (Lipinski definition) is 1. The average Bonchev–Trinajstić information content (AvgIpc) is 3.05. The van der Waals surface area contributed by atoms with Gasteiger partial charge in [-0.3, -0.25) is 0 Å². The van der Waals surface area contributed by atoms with Crippen LogP contribution in [-0.4, -0.2) is 16.2 Å². The molecule has 1 aromatic heterocycles. The van der Waals surface area contributed by atoms with Crippen LogP contribution in [0.1, 0.15) is 18.2 Å². The van der Waals surface area contributed by atoms with Crippen LogP contribution < -0.4 is 5.73 Å². The van der Waals surface area contributed by atoms with Crippen molar-refractivity contribution in [2.75, 3.05) is 0 Å². The summed E-state index contributed by atoms with van der Waals surface area (Å²) >= 11 is 3.00. The lowest BCUT2D eigenvalue weighted by Gasteiger charge is -2.02. The average molecular weight is 342 g/mol. The molecule has 104 valence electrons. The van der Waals surface area contributed by atoms with Gasteiger partial charge in [-0.25, -0.2) is 8.78 Å². The van der Waals surface area contributed by atoms with Crippen molar-refractivity contribution in [3.05, 3.63) is 46.3 Å². The highest BCUT2D eigenvalue weighted by Crippen LogP contribution is 2.32. The molecule has 1 aromatic carbocycles. The Morgan fingerprint density at radius 1 is 1.30 bits per heavy atom. The molecule has 0 amide bonds. The van der Waals surface area contributed by atoms with E-state index < -0.39 is 11.6 Å². The van der Waals surface area contributed by atoms with Crippen molar-refractivity contribution in [3.8, 4) is 11.4 Å². The molecular weight excluding hydrogens is 332 g/mol. The molecule has 1 heterocycles. The largest absolute Gasteiger partial charge is 0.338 e. The van der Waals surface area contributed by atoms with Crippen LogP contribution in [0, 0.1) is 11.6 Å². The van der Waals surface area contributed by atoms with Crippen LogP contribution in [0.5, 0.6) is 0 Å². The Hall–Kier alpha value is -1.60. The summed E-state index contributed by atoms with van der Waals surface area (Å²) in [5.41, 5.74) is 6.10. The van der Waals surface area contributed by atoms with Gasteiger partial charge in [-0.05, 0) is 34.5 Å². The molecule has 0 radical (unpaired) electrons. The van der Waals surface area contributed by atoms with Crippen LogP contribution in [0.15, 0.2) is 33.3 Å². The third-order valence-corrected chi connectivity index (χ3v) is 3.93. The first-order valence-electron chi connectivity index (χ1n) is 5.97. The highest BCUT2D eigenvalue weighted by molar-refractivity contribution is 9.10. The Kier molecular flexibility index (Phi) is 3.39. The fraction of sp³-hybridized carbons (Fsp3) is 0.231. The number of rotatable bonds is 2. The van der Waals surface area contributed by atoms with Gasteiger partial charge in [0.2, 0.25) is 11.7 Å². The van der Waals surface area contributed by atoms with Gasteiger partial charge in [-0.1, -0.05) is 17.3 Å². The minimum absolute atomic E-state index is 0.0228. The van der Waals surface area contributed by atoms with Gasteiger partial charge in [0.25, 0.3) is 0 Å². The molecule has 2 atom stereocenters. The van der Waals surface area contributed by atoms with Gasteiger partial charge >= 0.3 is 0 Å². The Morgan fingerprint density at radius 3 is 2.80 bits per heavy atom. The Labute approximate surface area is 121 Å². The predicted molar refractivity (Wildman–Crippen MR) is 71.8 cm³/mol. The van der Waals surface area contributed by atoms with Crippen LogP contribution in [-0.2, 0) is 0 Å². The second kappa shape index (κ2) is 5.06. The third kappa shape index (κ3) is 2.27. The number of nitrogens with zero attached hydrogens (tertiary/aromatic N) is 2. The molecule has 0 bridgehead atoms. The number of allylic oxidation sites excluding steroid dienone is 1. The van der Waals surface area contributed by atoms with Crippen LogP contribution in [0.25, 0.3) is 11.4 Å². The highest BCUT2D eigenvalue weighted by atomic mass is 79.9. The lowest BCUT2D eigenvalue weighted by molar-refractivity contribution is 0.365. The van der Waals surface area contributed by atoms with Gasteiger partial charge in [0, 0.05) is 11.6 Å². The van der Waals surface area contributed by atoms with Gasteiger partial charge < -0.3 is 10.3 Å². The van der Waals surface area contributed by atoms with Gasteiger partial charge in [-0.2, -0.15) is 4.98 Å². The van der Waals surface area contributed by atoms with E-state index in [4.69, 9.17) is 10.3 Å². The summed E-state index contributed by atoms with van der Waals surface area (Å²) in [5.74, 6) is -1.32. The zero-order valence-corrected chi connectivity index (χ0v) is 11.8. The van der Waals surface area contributed by atoms with Gasteiger partial charge in [0.15, 0.2) is 11.6 Å². The molecule has 3 rings (SSSR count). The quantitative estimate of drug-likeness (QED) is 0.673. The van der Waals surface area contributed by atoms with Crippen molar-refractivity contribution in [1.82, 2.24) is 10.1 Å². The molecule has 2 N–H and O–H groups in total. The van der Waals surface area contributed by atoms with Crippen LogP contribution in [0.2, 0.25) is 0 Å². The highest BCUT2D eigenvalue weighted by Gasteiger charge is 2.24. The van der Waals surface area contributed by atoms with Crippen molar-refractivity contribution in [2.24, 2.45) is 5.73 Å². The van der Waals surface area contributed by atoms with Crippen molar-refractivity contribution >= 4 is 15.9 Å². The Bertz CT molecular complexity index is 686. The van der Waals surface area contributed by atoms with Crippen molar-refractivity contribution in [2.45, 2.75) is 18.4 Å². The van der Waals surface area contributed by atoms with Gasteiger partial charge in [0.05, 0.1) is 10.4 Å². The first kappa shape index (κ1) is 13.4. The second-order valence-electron chi connectivity index (χ2n) is 4.57. The molecule has 0 fully saturated rings. The second-order valence-corrected chi connectivity index (χ2v) is 5.36. The monoisotopic (exact) mass is 341 g/mol. The third-order valence-electron chi connectivity index (χ3n) is 3.15. The van der Waals surface area contributed by atoms with E-state index in [-0.39, 0.29) is 22.3 Å².